The molecule has 2 aromatic rings. The van der Waals surface area contributed by atoms with Gasteiger partial charge in [-0.3, -0.25) is 4.55 Å². The smallest absolute Gasteiger partial charge is 0.872 e. The Labute approximate surface area is 183 Å². The van der Waals surface area contributed by atoms with Crippen molar-refractivity contribution in [1.29, 1.82) is 0 Å². The third kappa shape index (κ3) is 7.47. The predicted octanol–water partition coefficient (Wildman–Crippen LogP) is 1.71. The zero-order valence-electron chi connectivity index (χ0n) is 16.0. The minimum atomic E-state index is -4.62. The van der Waals surface area contributed by atoms with Crippen molar-refractivity contribution < 1.29 is 52.4 Å². The Morgan fingerprint density at radius 1 is 0.963 bits per heavy atom. The number of para-hydroxylation sites is 1. The van der Waals surface area contributed by atoms with E-state index in [0.717, 1.165) is 38.2 Å². The van der Waals surface area contributed by atoms with Gasteiger partial charge in [-0.25, -0.2) is 0 Å². The number of hydrogen-bond donors (Lipinski definition) is 1. The summed E-state index contributed by atoms with van der Waals surface area (Å²) in [4.78, 5) is -0.570. The second-order valence-corrected chi connectivity index (χ2v) is 7.64. The van der Waals surface area contributed by atoms with E-state index in [0.29, 0.717) is 12.2 Å². The third-order valence-corrected chi connectivity index (χ3v) is 5.15. The van der Waals surface area contributed by atoms with Crippen LogP contribution < -0.4 is 39.4 Å². The fourth-order valence-electron chi connectivity index (χ4n) is 2.90. The normalized spacial score (nSPS) is 11.0. The molecule has 1 N–H and O–H groups in total. The standard InChI is InChI=1S/C20H26O5S.Na/c1-2-3-4-5-6-10-13-17-19(25-16-11-8-7-9-12-16)15-14-18(21)20(17)26(22,23)24;/h7-9,11-12,14-15,21H,2-6,10,13H2,1H3,(H,22,23,24);/q;+1/p-1. The van der Waals surface area contributed by atoms with Crippen molar-refractivity contribution in [3.05, 3.63) is 48.0 Å². The molecule has 0 aliphatic carbocycles. The van der Waals surface area contributed by atoms with Crippen molar-refractivity contribution in [2.24, 2.45) is 0 Å². The van der Waals surface area contributed by atoms with Crippen LogP contribution in [0.25, 0.3) is 0 Å². The second-order valence-electron chi connectivity index (χ2n) is 6.28. The van der Waals surface area contributed by atoms with E-state index in [1.54, 1.807) is 24.3 Å². The summed E-state index contributed by atoms with van der Waals surface area (Å²) in [5.74, 6) is 0.113. The summed E-state index contributed by atoms with van der Waals surface area (Å²) in [7, 11) is -4.62. The molecule has 0 fully saturated rings. The summed E-state index contributed by atoms with van der Waals surface area (Å²) in [5.41, 5.74) is 0.249. The van der Waals surface area contributed by atoms with Gasteiger partial charge in [0.2, 0.25) is 0 Å². The second kappa shape index (κ2) is 11.7. The molecule has 0 bridgehead atoms. The zero-order valence-corrected chi connectivity index (χ0v) is 18.8. The van der Waals surface area contributed by atoms with Crippen LogP contribution in [0.4, 0.5) is 0 Å². The topological polar surface area (TPSA) is 86.7 Å². The molecule has 7 heteroatoms. The van der Waals surface area contributed by atoms with Crippen molar-refractivity contribution in [2.45, 2.75) is 56.8 Å². The molecule has 2 aromatic carbocycles. The van der Waals surface area contributed by atoms with Crippen LogP contribution >= 0.6 is 0 Å². The average Bonchev–Trinajstić information content (AvgIpc) is 2.60. The van der Waals surface area contributed by atoms with Crippen LogP contribution in [-0.2, 0) is 16.5 Å². The van der Waals surface area contributed by atoms with Gasteiger partial charge < -0.3 is 9.84 Å². The van der Waals surface area contributed by atoms with Gasteiger partial charge >= 0.3 is 29.6 Å². The molecule has 0 aliphatic heterocycles. The summed E-state index contributed by atoms with van der Waals surface area (Å²) >= 11 is 0. The summed E-state index contributed by atoms with van der Waals surface area (Å²) in [6.07, 6.45) is 6.53. The van der Waals surface area contributed by atoms with Crippen LogP contribution in [0.2, 0.25) is 0 Å². The minimum Gasteiger partial charge on any atom is -0.872 e. The van der Waals surface area contributed by atoms with Crippen LogP contribution in [0.3, 0.4) is 0 Å². The van der Waals surface area contributed by atoms with Gasteiger partial charge in [-0.05, 0) is 31.0 Å². The maximum absolute atomic E-state index is 12.1. The van der Waals surface area contributed by atoms with E-state index in [-0.39, 0.29) is 40.9 Å². The zero-order chi connectivity index (χ0) is 19.0. The Hall–Kier alpha value is -1.05. The summed E-state index contributed by atoms with van der Waals surface area (Å²) in [6, 6.07) is 11.5. The van der Waals surface area contributed by atoms with Gasteiger partial charge in [0.05, 0.1) is 4.90 Å². The molecular formula is C20H25NaO5S. The molecule has 0 atom stereocenters. The van der Waals surface area contributed by atoms with Gasteiger partial charge in [-0.1, -0.05) is 69.0 Å². The number of unbranched alkanes of at least 4 members (excludes halogenated alkanes) is 5. The van der Waals surface area contributed by atoms with Crippen molar-refractivity contribution in [3.8, 4) is 17.2 Å². The predicted molar refractivity (Wildman–Crippen MR) is 99.3 cm³/mol. The quantitative estimate of drug-likeness (QED) is 0.373. The van der Waals surface area contributed by atoms with Crippen molar-refractivity contribution in [3.63, 3.8) is 0 Å². The largest absolute Gasteiger partial charge is 1.00 e. The van der Waals surface area contributed by atoms with E-state index in [1.165, 1.54) is 12.5 Å². The van der Waals surface area contributed by atoms with Crippen LogP contribution in [0.5, 0.6) is 17.2 Å². The maximum atomic E-state index is 12.1. The van der Waals surface area contributed by atoms with E-state index in [4.69, 9.17) is 4.74 Å². The van der Waals surface area contributed by atoms with Gasteiger partial charge in [0.15, 0.2) is 0 Å². The number of rotatable bonds is 10. The van der Waals surface area contributed by atoms with Crippen LogP contribution in [0.1, 0.15) is 51.0 Å². The van der Waals surface area contributed by atoms with E-state index >= 15 is 0 Å². The molecule has 0 aliphatic rings. The van der Waals surface area contributed by atoms with Crippen LogP contribution in [0, 0.1) is 0 Å². The molecule has 5 nitrogen and oxygen atoms in total. The molecule has 0 saturated carbocycles. The van der Waals surface area contributed by atoms with Crippen molar-refractivity contribution >= 4 is 10.1 Å². The Balaban J connectivity index is 0.00000364. The molecule has 142 valence electrons. The van der Waals surface area contributed by atoms with Crippen molar-refractivity contribution in [1.82, 2.24) is 0 Å². The van der Waals surface area contributed by atoms with Gasteiger partial charge in [0, 0.05) is 5.56 Å². The van der Waals surface area contributed by atoms with Gasteiger partial charge in [-0.15, -0.1) is 0 Å². The Bertz CT molecular complexity index is 807. The number of hydrogen-bond acceptors (Lipinski definition) is 4. The Morgan fingerprint density at radius 3 is 2.22 bits per heavy atom. The molecule has 27 heavy (non-hydrogen) atoms. The Kier molecular flexibility index (Phi) is 10.4. The van der Waals surface area contributed by atoms with E-state index in [1.807, 2.05) is 6.07 Å². The maximum Gasteiger partial charge on any atom is 1.00 e. The van der Waals surface area contributed by atoms with Crippen LogP contribution in [0.15, 0.2) is 47.4 Å². The van der Waals surface area contributed by atoms with E-state index < -0.39 is 20.8 Å². The molecule has 0 spiro atoms. The molecular weight excluding hydrogens is 375 g/mol. The first kappa shape index (κ1) is 24.0. The van der Waals surface area contributed by atoms with Gasteiger partial charge in [-0.2, -0.15) is 8.42 Å². The number of benzene rings is 2. The average molecular weight is 400 g/mol. The van der Waals surface area contributed by atoms with Gasteiger partial charge in [0.1, 0.15) is 11.5 Å². The minimum absolute atomic E-state index is 0. The fourth-order valence-corrected chi connectivity index (χ4v) is 3.74. The third-order valence-electron chi connectivity index (χ3n) is 4.19. The molecule has 0 radical (unpaired) electrons. The molecule has 0 heterocycles. The van der Waals surface area contributed by atoms with Crippen molar-refractivity contribution in [2.75, 3.05) is 0 Å². The summed E-state index contributed by atoms with van der Waals surface area (Å²) in [6.45, 7) is 2.14. The van der Waals surface area contributed by atoms with E-state index in [9.17, 15) is 18.1 Å². The molecule has 0 aromatic heterocycles. The first-order chi connectivity index (χ1) is 12.4. The summed E-state index contributed by atoms with van der Waals surface area (Å²) < 4.78 is 38.8. The van der Waals surface area contributed by atoms with Crippen LogP contribution in [-0.4, -0.2) is 13.0 Å². The first-order valence-corrected chi connectivity index (χ1v) is 10.4. The Morgan fingerprint density at radius 2 is 1.59 bits per heavy atom. The molecule has 2 rings (SSSR count). The first-order valence-electron chi connectivity index (χ1n) is 8.96. The molecule has 0 unspecified atom stereocenters. The monoisotopic (exact) mass is 400 g/mol. The SMILES string of the molecule is CCCCCCCCc1c(Oc2ccccc2)ccc([O-])c1S(=O)(=O)O.[Na+]. The molecule has 0 amide bonds. The molecule has 0 saturated heterocycles. The van der Waals surface area contributed by atoms with E-state index in [2.05, 4.69) is 6.92 Å². The fraction of sp³-hybridized carbons (Fsp3) is 0.400. The number of ether oxygens (including phenoxy) is 1. The summed E-state index contributed by atoms with van der Waals surface area (Å²) in [5, 5.41) is 12.1. The van der Waals surface area contributed by atoms with Gasteiger partial charge in [0.25, 0.3) is 10.1 Å².